The zero-order chi connectivity index (χ0) is 48.1. The zero-order valence-corrected chi connectivity index (χ0v) is 41.6. The van der Waals surface area contributed by atoms with Gasteiger partial charge in [-0.05, 0) is 70.6 Å². The minimum Gasteiger partial charge on any atom is -0.481 e. The number of ether oxygens (including phenoxy) is 2. The average Bonchev–Trinajstić information content (AvgIpc) is 3.28. The molecular weight excluding hydrogens is 868 g/mol. The van der Waals surface area contributed by atoms with Crippen molar-refractivity contribution in [1.82, 2.24) is 0 Å². The number of aliphatic hydroxyl groups excluding tert-OH is 1. The Balaban J connectivity index is 4.95. The van der Waals surface area contributed by atoms with Gasteiger partial charge in [-0.2, -0.15) is 0 Å². The molecule has 0 aromatic carbocycles. The van der Waals surface area contributed by atoms with E-state index in [0.717, 1.165) is 51.4 Å². The van der Waals surface area contributed by atoms with Crippen LogP contribution in [0.3, 0.4) is 0 Å². The van der Waals surface area contributed by atoms with Crippen LogP contribution in [0.15, 0.2) is 72.9 Å². The van der Waals surface area contributed by atoms with Gasteiger partial charge in [0.25, 0.3) is 0 Å². The molecule has 0 rings (SSSR count). The van der Waals surface area contributed by atoms with Crippen molar-refractivity contribution >= 4 is 37.5 Å². The van der Waals surface area contributed by atoms with E-state index < -0.39 is 62.4 Å². The summed E-state index contributed by atoms with van der Waals surface area (Å²) in [6.45, 7) is 3.09. The van der Waals surface area contributed by atoms with E-state index in [1.165, 1.54) is 82.4 Å². The highest BCUT2D eigenvalue weighted by Gasteiger charge is 2.28. The highest BCUT2D eigenvalue weighted by Crippen LogP contribution is 2.43. The summed E-state index contributed by atoms with van der Waals surface area (Å²) in [4.78, 5) is 46.8. The molecule has 0 fully saturated rings. The van der Waals surface area contributed by atoms with Gasteiger partial charge in [0.15, 0.2) is 6.10 Å². The van der Waals surface area contributed by atoms with Crippen molar-refractivity contribution in [1.29, 1.82) is 0 Å². The molecule has 0 saturated heterocycles. The van der Waals surface area contributed by atoms with Crippen LogP contribution in [0.5, 0.6) is 0 Å². The van der Waals surface area contributed by atoms with E-state index >= 15 is 0 Å². The lowest BCUT2D eigenvalue weighted by Crippen LogP contribution is -2.40. The number of carboxylic acid groups (broad SMARTS) is 1. The maximum absolute atomic E-state index is 13.1. The summed E-state index contributed by atoms with van der Waals surface area (Å²) in [5, 5.41) is 19.5. The first-order chi connectivity index (χ1) is 31.4. The number of phosphoric ester groups is 1. The smallest absolute Gasteiger partial charge is 0.472 e. The molecule has 65 heavy (non-hydrogen) atoms. The Labute approximate surface area is 396 Å². The molecule has 5 atom stereocenters. The molecule has 0 aliphatic rings. The Morgan fingerprint density at radius 1 is 0.677 bits per heavy atom. The first-order valence-electron chi connectivity index (χ1n) is 24.4. The Bertz CT molecular complexity index is 1420. The van der Waals surface area contributed by atoms with Crippen LogP contribution < -0.4 is 11.5 Å². The number of unbranched alkanes of at least 4 members (excludes halogenated alkanes) is 15. The molecular formula is C50H87N2O11PS. The number of nitrogens with two attached hydrogens (primary N) is 2. The minimum atomic E-state index is -4.55. The predicted octanol–water partition coefficient (Wildman–Crippen LogP) is 11.1. The van der Waals surface area contributed by atoms with Crippen LogP contribution >= 0.6 is 19.6 Å². The number of carboxylic acids is 1. The van der Waals surface area contributed by atoms with Crippen molar-refractivity contribution in [2.75, 3.05) is 32.1 Å². The van der Waals surface area contributed by atoms with Gasteiger partial charge in [0.05, 0.1) is 19.3 Å². The first-order valence-corrected chi connectivity index (χ1v) is 26.9. The van der Waals surface area contributed by atoms with E-state index in [1.807, 2.05) is 24.3 Å². The third kappa shape index (κ3) is 42.3. The molecule has 0 aromatic rings. The van der Waals surface area contributed by atoms with Gasteiger partial charge in [0.1, 0.15) is 12.6 Å². The second kappa shape index (κ2) is 45.0. The lowest BCUT2D eigenvalue weighted by molar-refractivity contribution is -0.161. The van der Waals surface area contributed by atoms with Crippen molar-refractivity contribution in [3.63, 3.8) is 0 Å². The molecule has 15 heteroatoms. The number of aliphatic hydroxyl groups is 1. The molecule has 0 spiro atoms. The van der Waals surface area contributed by atoms with Gasteiger partial charge < -0.3 is 36.0 Å². The van der Waals surface area contributed by atoms with Crippen molar-refractivity contribution in [2.45, 2.75) is 191 Å². The van der Waals surface area contributed by atoms with Crippen molar-refractivity contribution in [3.8, 4) is 0 Å². The maximum Gasteiger partial charge on any atom is 0.472 e. The molecule has 1 unspecified atom stereocenters. The highest BCUT2D eigenvalue weighted by molar-refractivity contribution is 8.00. The van der Waals surface area contributed by atoms with Crippen LogP contribution in [0, 0.1) is 0 Å². The Kier molecular flexibility index (Phi) is 43.1. The summed E-state index contributed by atoms with van der Waals surface area (Å²) in [5.74, 6) is -2.32. The monoisotopic (exact) mass is 955 g/mol. The largest absolute Gasteiger partial charge is 0.481 e. The number of carbonyl (C=O) groups excluding carboxylic acids is 2. The summed E-state index contributed by atoms with van der Waals surface area (Å²) >= 11 is 1.20. The number of rotatable bonds is 45. The second-order valence-corrected chi connectivity index (χ2v) is 18.8. The van der Waals surface area contributed by atoms with E-state index in [1.54, 1.807) is 12.2 Å². The van der Waals surface area contributed by atoms with Gasteiger partial charge in [-0.3, -0.25) is 23.4 Å². The van der Waals surface area contributed by atoms with Gasteiger partial charge in [-0.1, -0.05) is 157 Å². The van der Waals surface area contributed by atoms with Crippen LogP contribution in [0.2, 0.25) is 0 Å². The van der Waals surface area contributed by atoms with Crippen molar-refractivity contribution in [2.24, 2.45) is 11.5 Å². The molecule has 0 aliphatic heterocycles. The minimum absolute atomic E-state index is 0.0126. The Morgan fingerprint density at radius 3 is 1.82 bits per heavy atom. The van der Waals surface area contributed by atoms with Gasteiger partial charge in [0, 0.05) is 30.4 Å². The molecule has 0 aliphatic carbocycles. The number of carbonyl (C=O) groups is 3. The predicted molar refractivity (Wildman–Crippen MR) is 266 cm³/mol. The topological polar surface area (TPSA) is 218 Å². The van der Waals surface area contributed by atoms with Crippen molar-refractivity contribution < 1.29 is 52.6 Å². The normalized spacial score (nSPS) is 15.2. The molecule has 374 valence electrons. The number of aliphatic carboxylic acids is 1. The fraction of sp³-hybridized carbons (Fsp3) is 0.700. The second-order valence-electron chi connectivity index (χ2n) is 16.2. The number of hydrogen-bond donors (Lipinski definition) is 5. The van der Waals surface area contributed by atoms with Crippen LogP contribution in [-0.4, -0.2) is 88.6 Å². The fourth-order valence-corrected chi connectivity index (χ4v) is 8.16. The van der Waals surface area contributed by atoms with E-state index in [0.29, 0.717) is 6.42 Å². The molecule has 0 aromatic heterocycles. The van der Waals surface area contributed by atoms with Crippen LogP contribution in [-0.2, 0) is 37.5 Å². The SMILES string of the molecule is CCCCC/C=C\C\C=C/C=C/C=C/[C@@H](SC[C@H](N)C(=O)O[C@H](COC(=O)CCCCCCCCCCC/C=C\C/C=C\CCCCC)COP(=O)(O)OCCN)[C@@H](O)CCCC(=O)O. The lowest BCUT2D eigenvalue weighted by Gasteiger charge is -2.23. The van der Waals surface area contributed by atoms with Gasteiger partial charge in [-0.15, -0.1) is 11.8 Å². The van der Waals surface area contributed by atoms with E-state index in [-0.39, 0.29) is 44.6 Å². The van der Waals surface area contributed by atoms with Crippen molar-refractivity contribution in [3.05, 3.63) is 72.9 Å². The number of hydrogen-bond acceptors (Lipinski definition) is 12. The van der Waals surface area contributed by atoms with Crippen LogP contribution in [0.1, 0.15) is 168 Å². The summed E-state index contributed by atoms with van der Waals surface area (Å²) < 4.78 is 33.0. The Morgan fingerprint density at radius 2 is 1.23 bits per heavy atom. The van der Waals surface area contributed by atoms with Gasteiger partial charge >= 0.3 is 25.7 Å². The number of esters is 2. The zero-order valence-electron chi connectivity index (χ0n) is 39.9. The van der Waals surface area contributed by atoms with Gasteiger partial charge in [0.2, 0.25) is 0 Å². The molecule has 0 saturated carbocycles. The molecule has 0 amide bonds. The van der Waals surface area contributed by atoms with Crippen LogP contribution in [0.25, 0.3) is 0 Å². The number of phosphoric acid groups is 1. The third-order valence-corrected chi connectivity index (χ3v) is 12.5. The van der Waals surface area contributed by atoms with Gasteiger partial charge in [-0.25, -0.2) is 4.57 Å². The molecule has 7 N–H and O–H groups in total. The van der Waals surface area contributed by atoms with E-state index in [9.17, 15) is 28.9 Å². The average molecular weight is 955 g/mol. The third-order valence-electron chi connectivity index (χ3n) is 10.1. The molecule has 0 radical (unpaired) electrons. The summed E-state index contributed by atoms with van der Waals surface area (Å²) in [6.07, 6.45) is 45.4. The Hall–Kier alpha value is -2.81. The summed E-state index contributed by atoms with van der Waals surface area (Å²) in [7, 11) is -4.55. The molecule has 0 bridgehead atoms. The van der Waals surface area contributed by atoms with E-state index in [4.69, 9.17) is 35.1 Å². The fourth-order valence-electron chi connectivity index (χ4n) is 6.26. The first kappa shape index (κ1) is 62.2. The number of thioether (sulfide) groups is 1. The highest BCUT2D eigenvalue weighted by atomic mass is 32.2. The summed E-state index contributed by atoms with van der Waals surface area (Å²) in [5.41, 5.74) is 11.6. The summed E-state index contributed by atoms with van der Waals surface area (Å²) in [6, 6.07) is -1.19. The molecule has 13 nitrogen and oxygen atoms in total. The van der Waals surface area contributed by atoms with Crippen LogP contribution in [0.4, 0.5) is 0 Å². The quantitative estimate of drug-likeness (QED) is 0.0126. The standard InChI is InChI=1S/C50H87N2O11PS/c1-3-5-7-9-11-13-15-17-18-19-20-21-22-23-25-27-29-31-33-38-49(56)60-41-44(42-62-64(58,59)61-40-39-51)63-50(57)45(52)43-65-47(46(53)35-34-37-48(54)55)36-32-30-28-26-24-16-14-12-10-8-6-4-2/h11-14,17-18,24,26,28,30,32,36,44-47,53H,3-10,15-16,19-23,25,27,29,31,33-35,37-43,51-52H2,1-2H3,(H,54,55)(H,58,59)/b13-11-,14-12-,18-17-,26-24-,30-28+,36-32+/t44-,45+,46+,47-/m1/s1. The number of allylic oxidation sites excluding steroid dienone is 11. The molecule has 0 heterocycles. The van der Waals surface area contributed by atoms with E-state index in [2.05, 4.69) is 50.3 Å². The maximum atomic E-state index is 13.1. The lowest BCUT2D eigenvalue weighted by atomic mass is 10.1.